The highest BCUT2D eigenvalue weighted by Gasteiger charge is 2.57. The van der Waals surface area contributed by atoms with Crippen molar-refractivity contribution in [2.45, 2.75) is 89.3 Å². The molecule has 5 aliphatic rings. The second-order valence-corrected chi connectivity index (χ2v) is 13.7. The van der Waals surface area contributed by atoms with Gasteiger partial charge >= 0.3 is 0 Å². The lowest BCUT2D eigenvalue weighted by molar-refractivity contribution is -0.0772. The van der Waals surface area contributed by atoms with Crippen LogP contribution in [0.1, 0.15) is 98.2 Å². The number of fused-ring (bicyclic) bond motifs is 9. The first-order valence-corrected chi connectivity index (χ1v) is 16.3. The van der Waals surface area contributed by atoms with E-state index < -0.39 is 28.8 Å². The van der Waals surface area contributed by atoms with Crippen LogP contribution >= 0.6 is 0 Å². The maximum Gasteiger partial charge on any atom is 0.196 e. The summed E-state index contributed by atoms with van der Waals surface area (Å²) in [4.78, 5) is 23.5. The number of carbonyl (C=O) groups excluding carboxylic acids is 1. The Morgan fingerprint density at radius 2 is 1.86 bits per heavy atom. The van der Waals surface area contributed by atoms with E-state index in [0.717, 1.165) is 87.5 Å². The van der Waals surface area contributed by atoms with E-state index in [-0.39, 0.29) is 17.3 Å². The van der Waals surface area contributed by atoms with E-state index >= 15 is 0 Å². The molecule has 2 bridgehead atoms. The minimum absolute atomic E-state index is 0.0844. The van der Waals surface area contributed by atoms with Gasteiger partial charge in [0, 0.05) is 42.7 Å². The maximum atomic E-state index is 14.3. The van der Waals surface area contributed by atoms with Crippen molar-refractivity contribution < 1.29 is 23.8 Å². The summed E-state index contributed by atoms with van der Waals surface area (Å²) in [7, 11) is 0. The van der Waals surface area contributed by atoms with E-state index in [1.54, 1.807) is 0 Å². The number of rotatable bonds is 4. The number of hydrogen-bond acceptors (Lipinski definition) is 6. The Hall–Kier alpha value is -3.10. The molecule has 44 heavy (non-hydrogen) atoms. The Morgan fingerprint density at radius 3 is 2.68 bits per heavy atom. The largest absolute Gasteiger partial charge is 0.393 e. The SMILES string of the molecule is CC1=CCCC2(C)C(CCC2(O)CN2CCCN3CCCN=C32)c2ccc(cc2C(=O)c2ccc(F)c(F)c2)CC(O)CC1. The number of guanidine groups is 1. The first kappa shape index (κ1) is 30.9. The molecule has 6 nitrogen and oxygen atoms in total. The molecule has 0 radical (unpaired) electrons. The van der Waals surface area contributed by atoms with Crippen LogP contribution in [0.4, 0.5) is 8.78 Å². The highest BCUT2D eigenvalue weighted by Crippen LogP contribution is 2.59. The zero-order valence-electron chi connectivity index (χ0n) is 26.0. The summed E-state index contributed by atoms with van der Waals surface area (Å²) in [6, 6.07) is 9.07. The Kier molecular flexibility index (Phi) is 8.68. The number of hydrogen-bond donors (Lipinski definition) is 2. The van der Waals surface area contributed by atoms with Crippen LogP contribution in [0.3, 0.4) is 0 Å². The van der Waals surface area contributed by atoms with Gasteiger partial charge in [-0.25, -0.2) is 8.78 Å². The molecule has 2 fully saturated rings. The summed E-state index contributed by atoms with van der Waals surface area (Å²) >= 11 is 0. The third kappa shape index (κ3) is 5.83. The Bertz CT molecular complexity index is 1470. The monoisotopic (exact) mass is 605 g/mol. The molecule has 2 aromatic rings. The molecule has 0 amide bonds. The predicted octanol–water partition coefficient (Wildman–Crippen LogP) is 6.00. The molecule has 2 heterocycles. The van der Waals surface area contributed by atoms with Crippen LogP contribution in [0.5, 0.6) is 0 Å². The van der Waals surface area contributed by atoms with E-state index in [0.29, 0.717) is 37.8 Å². The number of nitrogens with zero attached hydrogens (tertiary/aromatic N) is 3. The van der Waals surface area contributed by atoms with Crippen molar-refractivity contribution in [2.75, 3.05) is 32.7 Å². The van der Waals surface area contributed by atoms with Crippen molar-refractivity contribution >= 4 is 11.7 Å². The van der Waals surface area contributed by atoms with Crippen LogP contribution in [0.15, 0.2) is 53.0 Å². The summed E-state index contributed by atoms with van der Waals surface area (Å²) in [6.45, 7) is 8.41. The number of β-amino-alcohol motifs (C(OH)–C–C–N with tert-alkyl or cyclic N) is 1. The van der Waals surface area contributed by atoms with Gasteiger partial charge < -0.3 is 20.0 Å². The topological polar surface area (TPSA) is 76.4 Å². The molecule has 2 N–H and O–H groups in total. The molecular weight excluding hydrogens is 560 g/mol. The molecule has 1 saturated carbocycles. The van der Waals surface area contributed by atoms with Crippen LogP contribution in [-0.2, 0) is 6.42 Å². The average molecular weight is 606 g/mol. The van der Waals surface area contributed by atoms with Crippen molar-refractivity contribution in [1.82, 2.24) is 9.80 Å². The summed E-state index contributed by atoms with van der Waals surface area (Å²) in [5, 5.41) is 23.5. The van der Waals surface area contributed by atoms with E-state index in [2.05, 4.69) is 29.7 Å². The minimum atomic E-state index is -1.06. The zero-order valence-corrected chi connectivity index (χ0v) is 26.0. The fourth-order valence-corrected chi connectivity index (χ4v) is 8.16. The highest BCUT2D eigenvalue weighted by atomic mass is 19.2. The van der Waals surface area contributed by atoms with Crippen LogP contribution in [0.2, 0.25) is 0 Å². The molecule has 236 valence electrons. The van der Waals surface area contributed by atoms with Gasteiger partial charge in [0.2, 0.25) is 0 Å². The standard InChI is InChI=1S/C36H45F2N3O3/c1-24-6-3-14-35(2)30(13-15-36(35,44)23-41-19-5-18-40-17-4-16-39-34(40)41)28-11-8-25(20-27(42)10-7-24)21-29(28)33(43)26-9-12-31(37)32(38)22-26/h6,8-9,11-12,21-22,27,30,42,44H,3-5,7,10,13-20,23H2,1-2H3. The average Bonchev–Trinajstić information content (AvgIpc) is 3.26. The normalized spacial score (nSPS) is 29.4. The molecule has 0 spiro atoms. The number of aliphatic imine (C=N–C) groups is 1. The van der Waals surface area contributed by atoms with Gasteiger partial charge in [-0.15, -0.1) is 0 Å². The molecular formula is C36H45F2N3O3. The number of benzene rings is 2. The highest BCUT2D eigenvalue weighted by molar-refractivity contribution is 6.10. The fourth-order valence-electron chi connectivity index (χ4n) is 8.16. The van der Waals surface area contributed by atoms with Gasteiger partial charge in [0.15, 0.2) is 23.4 Å². The number of allylic oxidation sites excluding steroid dienone is 2. The lowest BCUT2D eigenvalue weighted by Crippen LogP contribution is -2.59. The summed E-state index contributed by atoms with van der Waals surface area (Å²) in [5.74, 6) is -1.57. The fraction of sp³-hybridized carbons (Fsp3) is 0.556. The Balaban J connectivity index is 1.43. The second kappa shape index (κ2) is 12.4. The van der Waals surface area contributed by atoms with Gasteiger partial charge in [-0.2, -0.15) is 0 Å². The minimum Gasteiger partial charge on any atom is -0.393 e. The summed E-state index contributed by atoms with van der Waals surface area (Å²) in [5.41, 5.74) is 1.79. The second-order valence-electron chi connectivity index (χ2n) is 13.7. The van der Waals surface area contributed by atoms with Crippen LogP contribution in [0, 0.1) is 17.0 Å². The van der Waals surface area contributed by atoms with Crippen LogP contribution in [0.25, 0.3) is 0 Å². The van der Waals surface area contributed by atoms with Crippen molar-refractivity contribution in [3.63, 3.8) is 0 Å². The van der Waals surface area contributed by atoms with Gasteiger partial charge in [-0.3, -0.25) is 9.79 Å². The van der Waals surface area contributed by atoms with E-state index in [9.17, 15) is 23.8 Å². The molecule has 0 aromatic heterocycles. The van der Waals surface area contributed by atoms with Gasteiger partial charge in [-0.05, 0) is 106 Å². The van der Waals surface area contributed by atoms with Crippen molar-refractivity contribution in [1.29, 1.82) is 0 Å². The third-order valence-corrected chi connectivity index (χ3v) is 10.8. The van der Waals surface area contributed by atoms with E-state index in [1.165, 1.54) is 11.6 Å². The Labute approximate surface area is 259 Å². The van der Waals surface area contributed by atoms with Crippen molar-refractivity contribution in [3.05, 3.63) is 81.9 Å². The molecule has 8 heteroatoms. The summed E-state index contributed by atoms with van der Waals surface area (Å²) < 4.78 is 28.1. The van der Waals surface area contributed by atoms with Crippen molar-refractivity contribution in [3.8, 4) is 0 Å². The lowest BCUT2D eigenvalue weighted by atomic mass is 9.64. The van der Waals surface area contributed by atoms with E-state index in [4.69, 9.17) is 4.99 Å². The third-order valence-electron chi connectivity index (χ3n) is 10.8. The molecule has 2 aliphatic heterocycles. The van der Waals surface area contributed by atoms with Crippen LogP contribution in [-0.4, -0.2) is 76.2 Å². The lowest BCUT2D eigenvalue weighted by Gasteiger charge is -2.49. The number of halogens is 2. The zero-order chi connectivity index (χ0) is 31.1. The van der Waals surface area contributed by atoms with Gasteiger partial charge in [0.05, 0.1) is 18.2 Å². The van der Waals surface area contributed by atoms with Gasteiger partial charge in [0.1, 0.15) is 0 Å². The maximum absolute atomic E-state index is 14.3. The van der Waals surface area contributed by atoms with E-state index in [1.807, 2.05) is 18.2 Å². The molecule has 4 atom stereocenters. The molecule has 4 unspecified atom stereocenters. The molecule has 2 aromatic carbocycles. The molecule has 7 rings (SSSR count). The van der Waals surface area contributed by atoms with Crippen LogP contribution < -0.4 is 0 Å². The first-order chi connectivity index (χ1) is 21.1. The van der Waals surface area contributed by atoms with Gasteiger partial charge in [-0.1, -0.05) is 30.7 Å². The summed E-state index contributed by atoms with van der Waals surface area (Å²) in [6.07, 6.45) is 8.29. The smallest absolute Gasteiger partial charge is 0.196 e. The molecule has 3 aliphatic carbocycles. The number of aliphatic hydroxyl groups excluding tert-OH is 1. The van der Waals surface area contributed by atoms with Gasteiger partial charge in [0.25, 0.3) is 0 Å². The quantitative estimate of drug-likeness (QED) is 0.330. The first-order valence-electron chi connectivity index (χ1n) is 16.3. The number of carbonyl (C=O) groups is 1. The van der Waals surface area contributed by atoms with Crippen molar-refractivity contribution in [2.24, 2.45) is 10.4 Å². The number of ketones is 1. The predicted molar refractivity (Wildman–Crippen MR) is 168 cm³/mol. The molecule has 1 saturated heterocycles. The Morgan fingerprint density at radius 1 is 1.05 bits per heavy atom. The number of aliphatic hydroxyl groups is 2.